The molecule has 0 saturated carbocycles. The van der Waals surface area contributed by atoms with Gasteiger partial charge in [-0.2, -0.15) is 0 Å². The maximum Gasteiger partial charge on any atom is 0.416 e. The van der Waals surface area contributed by atoms with Gasteiger partial charge in [0.1, 0.15) is 11.9 Å². The van der Waals surface area contributed by atoms with Crippen LogP contribution in [0.3, 0.4) is 0 Å². The first-order valence-electron chi connectivity index (χ1n) is 11.3. The minimum Gasteiger partial charge on any atom is -0.465 e. The molecule has 3 N–H and O–H groups in total. The van der Waals surface area contributed by atoms with Crippen molar-refractivity contribution in [2.24, 2.45) is 0 Å². The summed E-state index contributed by atoms with van der Waals surface area (Å²) < 4.78 is 26.7. The van der Waals surface area contributed by atoms with E-state index in [-0.39, 0.29) is 61.7 Å². The quantitative estimate of drug-likeness (QED) is 0.376. The molecule has 1 aromatic carbocycles. The topological polar surface area (TPSA) is 148 Å². The van der Waals surface area contributed by atoms with Gasteiger partial charge < -0.3 is 29.8 Å². The molecule has 0 aliphatic carbocycles. The molecular formula is C23H23FN6O6. The van der Waals surface area contributed by atoms with Crippen LogP contribution >= 0.6 is 0 Å². The summed E-state index contributed by atoms with van der Waals surface area (Å²) >= 11 is 0. The maximum atomic E-state index is 14.7. The summed E-state index contributed by atoms with van der Waals surface area (Å²) in [7, 11) is 0. The Balaban J connectivity index is 1.22. The van der Waals surface area contributed by atoms with Gasteiger partial charge in [0, 0.05) is 24.7 Å². The predicted octanol–water partition coefficient (Wildman–Crippen LogP) is 0.411. The van der Waals surface area contributed by atoms with Gasteiger partial charge in [-0.1, -0.05) is 0 Å². The standard InChI is InChI=1S/C23H23FN6O6/c24-16-3-1-13-2-4-19(33)29(7-8-31)20(13)15(16)5-6-25-9-14-11-30(23(34)36-14)17-10-26-22-21(27-17)28-18(32)12-35-22/h1-4,10,14,25,31H,5-9,11-12H2,(H,27,28,32)/t14-/m0/s1. The van der Waals surface area contributed by atoms with Crippen molar-refractivity contribution in [2.75, 3.05) is 43.1 Å². The van der Waals surface area contributed by atoms with Crippen molar-refractivity contribution in [1.82, 2.24) is 19.9 Å². The molecule has 5 rings (SSSR count). The number of aliphatic hydroxyl groups excluding tert-OH is 1. The molecule has 0 radical (unpaired) electrons. The zero-order valence-electron chi connectivity index (χ0n) is 19.1. The van der Waals surface area contributed by atoms with Gasteiger partial charge >= 0.3 is 6.09 Å². The van der Waals surface area contributed by atoms with Gasteiger partial charge in [0.05, 0.1) is 24.9 Å². The number of benzene rings is 1. The number of hydrogen-bond donors (Lipinski definition) is 3. The number of cyclic esters (lactones) is 1. The van der Waals surface area contributed by atoms with Crippen LogP contribution < -0.4 is 25.8 Å². The van der Waals surface area contributed by atoms with E-state index in [1.165, 1.54) is 27.8 Å². The third kappa shape index (κ3) is 4.57. The molecule has 0 spiro atoms. The third-order valence-electron chi connectivity index (χ3n) is 5.92. The lowest BCUT2D eigenvalue weighted by molar-refractivity contribution is -0.118. The number of rotatable bonds is 8. The fourth-order valence-corrected chi connectivity index (χ4v) is 4.28. The van der Waals surface area contributed by atoms with Crippen LogP contribution in [0.5, 0.6) is 5.88 Å². The van der Waals surface area contributed by atoms with Crippen LogP contribution in [0.15, 0.2) is 35.3 Å². The number of aromatic nitrogens is 3. The van der Waals surface area contributed by atoms with E-state index in [4.69, 9.17) is 9.47 Å². The smallest absolute Gasteiger partial charge is 0.416 e. The summed E-state index contributed by atoms with van der Waals surface area (Å²) in [6, 6.07) is 5.99. The Kier molecular flexibility index (Phi) is 6.48. The Morgan fingerprint density at radius 1 is 1.22 bits per heavy atom. The van der Waals surface area contributed by atoms with E-state index in [0.29, 0.717) is 29.6 Å². The molecule has 1 atom stereocenters. The number of carbonyl (C=O) groups is 2. The van der Waals surface area contributed by atoms with E-state index in [1.54, 1.807) is 12.1 Å². The zero-order valence-corrected chi connectivity index (χ0v) is 19.1. The number of anilines is 2. The van der Waals surface area contributed by atoms with E-state index >= 15 is 0 Å². The Bertz CT molecular complexity index is 1400. The van der Waals surface area contributed by atoms with Gasteiger partial charge in [-0.3, -0.25) is 14.5 Å². The van der Waals surface area contributed by atoms with Gasteiger partial charge in [-0.25, -0.2) is 19.2 Å². The van der Waals surface area contributed by atoms with Gasteiger partial charge in [-0.05, 0) is 36.6 Å². The lowest BCUT2D eigenvalue weighted by Gasteiger charge is -2.18. The molecule has 0 unspecified atom stereocenters. The number of nitrogens with zero attached hydrogens (tertiary/aromatic N) is 4. The molecule has 2 aliphatic rings. The van der Waals surface area contributed by atoms with Gasteiger partial charge in [-0.15, -0.1) is 0 Å². The van der Waals surface area contributed by atoms with Crippen molar-refractivity contribution < 1.29 is 28.6 Å². The lowest BCUT2D eigenvalue weighted by atomic mass is 10.1. The summed E-state index contributed by atoms with van der Waals surface area (Å²) in [4.78, 5) is 45.8. The van der Waals surface area contributed by atoms with Crippen molar-refractivity contribution >= 4 is 34.5 Å². The number of carbonyl (C=O) groups excluding carboxylic acids is 2. The molecule has 0 bridgehead atoms. The van der Waals surface area contributed by atoms with Crippen LogP contribution in [-0.4, -0.2) is 70.6 Å². The summed E-state index contributed by atoms with van der Waals surface area (Å²) in [6.07, 6.45) is 0.541. The Morgan fingerprint density at radius 3 is 2.89 bits per heavy atom. The minimum atomic E-state index is -0.604. The summed E-state index contributed by atoms with van der Waals surface area (Å²) in [5.74, 6) is -0.283. The summed E-state index contributed by atoms with van der Waals surface area (Å²) in [5, 5.41) is 15.8. The predicted molar refractivity (Wildman–Crippen MR) is 126 cm³/mol. The van der Waals surface area contributed by atoms with Crippen LogP contribution in [0, 0.1) is 5.82 Å². The van der Waals surface area contributed by atoms with E-state index in [2.05, 4.69) is 20.6 Å². The van der Waals surface area contributed by atoms with E-state index in [1.807, 2.05) is 0 Å². The molecule has 12 nitrogen and oxygen atoms in total. The maximum absolute atomic E-state index is 14.7. The highest BCUT2D eigenvalue weighted by atomic mass is 19.1. The largest absolute Gasteiger partial charge is 0.465 e. The number of nitrogens with one attached hydrogen (secondary N) is 2. The van der Waals surface area contributed by atoms with Crippen molar-refractivity contribution in [3.8, 4) is 5.88 Å². The molecule has 1 saturated heterocycles. The second-order valence-electron chi connectivity index (χ2n) is 8.30. The number of ether oxygens (including phenoxy) is 2. The summed E-state index contributed by atoms with van der Waals surface area (Å²) in [6.45, 7) is 0.528. The second-order valence-corrected chi connectivity index (χ2v) is 8.30. The first-order chi connectivity index (χ1) is 17.4. The van der Waals surface area contributed by atoms with E-state index in [0.717, 1.165) is 0 Å². The molecule has 2 aromatic heterocycles. The molecule has 13 heteroatoms. The normalized spacial score (nSPS) is 17.1. The molecule has 4 heterocycles. The fraction of sp³-hybridized carbons (Fsp3) is 0.348. The SMILES string of the molecule is O=C1COc2ncc(N3C[C@H](CNCCc4c(F)ccc5ccc(=O)n(CCO)c45)OC3=O)nc2N1. The van der Waals surface area contributed by atoms with Crippen LogP contribution in [0.1, 0.15) is 5.56 Å². The monoisotopic (exact) mass is 498 g/mol. The van der Waals surface area contributed by atoms with Gasteiger partial charge in [0.2, 0.25) is 0 Å². The Morgan fingerprint density at radius 2 is 2.06 bits per heavy atom. The lowest BCUT2D eigenvalue weighted by Crippen LogP contribution is -2.33. The second kappa shape index (κ2) is 9.87. The third-order valence-corrected chi connectivity index (χ3v) is 5.92. The first-order valence-corrected chi connectivity index (χ1v) is 11.3. The highest BCUT2D eigenvalue weighted by Gasteiger charge is 2.34. The Labute approximate surface area is 203 Å². The van der Waals surface area contributed by atoms with Crippen molar-refractivity contribution in [3.63, 3.8) is 0 Å². The molecule has 3 aromatic rings. The number of fused-ring (bicyclic) bond motifs is 2. The number of hydrogen-bond acceptors (Lipinski definition) is 9. The number of amides is 2. The average Bonchev–Trinajstić information content (AvgIpc) is 3.24. The van der Waals surface area contributed by atoms with Crippen LogP contribution in [0.25, 0.3) is 10.9 Å². The van der Waals surface area contributed by atoms with Crippen LogP contribution in [0.4, 0.5) is 20.8 Å². The van der Waals surface area contributed by atoms with Crippen LogP contribution in [0.2, 0.25) is 0 Å². The fourth-order valence-electron chi connectivity index (χ4n) is 4.28. The average molecular weight is 498 g/mol. The number of aliphatic hydroxyl groups is 1. The van der Waals surface area contributed by atoms with Crippen molar-refractivity contribution in [2.45, 2.75) is 19.1 Å². The Hall–Kier alpha value is -4.10. The van der Waals surface area contributed by atoms with Crippen LogP contribution in [-0.2, 0) is 22.5 Å². The number of halogens is 1. The summed E-state index contributed by atoms with van der Waals surface area (Å²) in [5.41, 5.74) is 0.509. The van der Waals surface area contributed by atoms with Crippen molar-refractivity contribution in [1.29, 1.82) is 0 Å². The molecule has 2 amide bonds. The van der Waals surface area contributed by atoms with Gasteiger partial charge in [0.25, 0.3) is 17.3 Å². The minimum absolute atomic E-state index is 0.0648. The van der Waals surface area contributed by atoms with Crippen molar-refractivity contribution in [3.05, 3.63) is 52.2 Å². The molecule has 1 fully saturated rings. The number of pyridine rings is 1. The molecular weight excluding hydrogens is 475 g/mol. The first kappa shape index (κ1) is 23.6. The highest BCUT2D eigenvalue weighted by molar-refractivity contribution is 5.94. The highest BCUT2D eigenvalue weighted by Crippen LogP contribution is 2.27. The molecule has 188 valence electrons. The van der Waals surface area contributed by atoms with Gasteiger partial charge in [0.15, 0.2) is 18.2 Å². The van der Waals surface area contributed by atoms with E-state index in [9.17, 15) is 23.9 Å². The molecule has 36 heavy (non-hydrogen) atoms. The van der Waals surface area contributed by atoms with E-state index < -0.39 is 18.0 Å². The molecule has 2 aliphatic heterocycles. The zero-order chi connectivity index (χ0) is 25.2.